The number of sulfone groups is 1. The van der Waals surface area contributed by atoms with Crippen molar-refractivity contribution in [1.82, 2.24) is 14.8 Å². The second-order valence-corrected chi connectivity index (χ2v) is 10.8. The molecule has 3 rings (SSSR count). The highest BCUT2D eigenvalue weighted by Crippen LogP contribution is 2.26. The number of carbonyl (C=O) groups excluding carboxylic acids is 1. The van der Waals surface area contributed by atoms with Crippen LogP contribution in [0, 0.1) is 19.8 Å². The van der Waals surface area contributed by atoms with Crippen LogP contribution in [0.3, 0.4) is 0 Å². The van der Waals surface area contributed by atoms with Gasteiger partial charge in [-0.25, -0.2) is 8.42 Å². The van der Waals surface area contributed by atoms with Crippen molar-refractivity contribution < 1.29 is 22.4 Å². The molecule has 1 aliphatic rings. The van der Waals surface area contributed by atoms with E-state index < -0.39 is 9.84 Å². The molecule has 1 saturated heterocycles. The molecule has 0 aromatic carbocycles. The molecule has 0 bridgehead atoms. The molecular formula is C19H27N3O5S2. The van der Waals surface area contributed by atoms with Gasteiger partial charge in [0.25, 0.3) is 5.22 Å². The summed E-state index contributed by atoms with van der Waals surface area (Å²) in [6.07, 6.45) is 1.09. The molecule has 0 amide bonds. The lowest BCUT2D eigenvalue weighted by Crippen LogP contribution is -2.14. The fourth-order valence-corrected chi connectivity index (χ4v) is 6.44. The number of hydrogen-bond donors (Lipinski definition) is 0. The molecule has 0 aliphatic carbocycles. The Kier molecular flexibility index (Phi) is 6.85. The fourth-order valence-electron chi connectivity index (χ4n) is 3.92. The highest BCUT2D eigenvalue weighted by molar-refractivity contribution is 7.99. The zero-order chi connectivity index (χ0) is 21.2. The molecule has 0 radical (unpaired) electrons. The third-order valence-electron chi connectivity index (χ3n) is 5.20. The lowest BCUT2D eigenvalue weighted by molar-refractivity contribution is 0.102. The number of aryl methyl sites for hydroxylation is 1. The van der Waals surface area contributed by atoms with Gasteiger partial charge in [-0.1, -0.05) is 11.8 Å². The number of thioether (sulfide) groups is 1. The van der Waals surface area contributed by atoms with Gasteiger partial charge in [-0.05, 0) is 39.2 Å². The Morgan fingerprint density at radius 1 is 1.41 bits per heavy atom. The molecule has 29 heavy (non-hydrogen) atoms. The Labute approximate surface area is 175 Å². The number of methoxy groups -OCH3 is 1. The monoisotopic (exact) mass is 441 g/mol. The Balaban J connectivity index is 1.59. The van der Waals surface area contributed by atoms with Gasteiger partial charge in [0.2, 0.25) is 5.89 Å². The van der Waals surface area contributed by atoms with E-state index in [0.29, 0.717) is 36.1 Å². The van der Waals surface area contributed by atoms with E-state index in [4.69, 9.17) is 9.15 Å². The summed E-state index contributed by atoms with van der Waals surface area (Å²) in [5.74, 6) is 1.05. The van der Waals surface area contributed by atoms with E-state index in [1.165, 1.54) is 11.8 Å². The summed E-state index contributed by atoms with van der Waals surface area (Å²) in [4.78, 5) is 12.7. The van der Waals surface area contributed by atoms with Gasteiger partial charge < -0.3 is 13.7 Å². The zero-order valence-electron chi connectivity index (χ0n) is 17.2. The van der Waals surface area contributed by atoms with Gasteiger partial charge in [-0.3, -0.25) is 4.79 Å². The van der Waals surface area contributed by atoms with Crippen molar-refractivity contribution in [2.75, 3.05) is 31.0 Å². The average molecular weight is 442 g/mol. The maximum absolute atomic E-state index is 12.7. The predicted molar refractivity (Wildman–Crippen MR) is 110 cm³/mol. The van der Waals surface area contributed by atoms with Gasteiger partial charge in [0.15, 0.2) is 15.6 Å². The fraction of sp³-hybridized carbons (Fsp3) is 0.632. The zero-order valence-corrected chi connectivity index (χ0v) is 18.8. The van der Waals surface area contributed by atoms with Crippen LogP contribution in [-0.4, -0.2) is 59.9 Å². The summed E-state index contributed by atoms with van der Waals surface area (Å²) in [6, 6.07) is 2.05. The van der Waals surface area contributed by atoms with Crippen molar-refractivity contribution in [3.8, 4) is 0 Å². The number of rotatable bonds is 9. The number of nitrogens with zero attached hydrogens (tertiary/aromatic N) is 3. The van der Waals surface area contributed by atoms with Crippen LogP contribution in [0.4, 0.5) is 0 Å². The van der Waals surface area contributed by atoms with Crippen molar-refractivity contribution in [3.63, 3.8) is 0 Å². The van der Waals surface area contributed by atoms with Gasteiger partial charge in [0.1, 0.15) is 0 Å². The normalized spacial score (nSPS) is 19.5. The van der Waals surface area contributed by atoms with E-state index in [2.05, 4.69) is 21.7 Å². The lowest BCUT2D eigenvalue weighted by Gasteiger charge is -2.17. The van der Waals surface area contributed by atoms with Gasteiger partial charge in [0.05, 0.1) is 29.9 Å². The first-order chi connectivity index (χ1) is 13.7. The summed E-state index contributed by atoms with van der Waals surface area (Å²) in [7, 11) is -1.26. The number of ether oxygens (including phenoxy) is 1. The van der Waals surface area contributed by atoms with Crippen molar-refractivity contribution in [2.45, 2.75) is 44.9 Å². The third kappa shape index (κ3) is 5.29. The molecular weight excluding hydrogens is 414 g/mol. The van der Waals surface area contributed by atoms with Crippen molar-refractivity contribution >= 4 is 27.4 Å². The first kappa shape index (κ1) is 22.0. The largest absolute Gasteiger partial charge is 0.416 e. The topological polar surface area (TPSA) is 104 Å². The van der Waals surface area contributed by atoms with Gasteiger partial charge in [-0.2, -0.15) is 0 Å². The quantitative estimate of drug-likeness (QED) is 0.432. The van der Waals surface area contributed by atoms with Crippen LogP contribution >= 0.6 is 11.8 Å². The molecule has 10 heteroatoms. The van der Waals surface area contributed by atoms with Crippen molar-refractivity contribution in [1.29, 1.82) is 0 Å². The molecule has 0 saturated carbocycles. The van der Waals surface area contributed by atoms with Crippen LogP contribution in [-0.2, 0) is 21.0 Å². The van der Waals surface area contributed by atoms with Gasteiger partial charge in [0, 0.05) is 30.5 Å². The number of hydrogen-bond acceptors (Lipinski definition) is 8. The van der Waals surface area contributed by atoms with E-state index in [1.54, 1.807) is 7.11 Å². The number of Topliss-reactive ketones (excluding diaryl/α,β-unsaturated/α-hetero) is 1. The highest BCUT2D eigenvalue weighted by Gasteiger charge is 2.29. The minimum Gasteiger partial charge on any atom is -0.416 e. The molecule has 0 unspecified atom stereocenters. The molecule has 2 atom stereocenters. The summed E-state index contributed by atoms with van der Waals surface area (Å²) in [6.45, 7) is 6.56. The summed E-state index contributed by atoms with van der Waals surface area (Å²) >= 11 is 1.20. The SMILES string of the molecule is COC[C@@H](C)n1c(C)cc(C(=O)CSc2nnc(C[C@H]3CCS(=O)(=O)C3)o2)c1C. The van der Waals surface area contributed by atoms with Gasteiger partial charge >= 0.3 is 0 Å². The summed E-state index contributed by atoms with van der Waals surface area (Å²) in [5, 5.41) is 8.31. The van der Waals surface area contributed by atoms with Crippen LogP contribution in [0.5, 0.6) is 0 Å². The van der Waals surface area contributed by atoms with Crippen LogP contribution in [0.15, 0.2) is 15.7 Å². The molecule has 2 aromatic heterocycles. The van der Waals surface area contributed by atoms with E-state index in [9.17, 15) is 13.2 Å². The maximum atomic E-state index is 12.7. The third-order valence-corrected chi connectivity index (χ3v) is 7.85. The molecule has 160 valence electrons. The molecule has 0 spiro atoms. The van der Waals surface area contributed by atoms with Crippen LogP contribution in [0.2, 0.25) is 0 Å². The Morgan fingerprint density at radius 3 is 2.83 bits per heavy atom. The molecule has 0 N–H and O–H groups in total. The Hall–Kier alpha value is -1.65. The maximum Gasteiger partial charge on any atom is 0.277 e. The minimum absolute atomic E-state index is 0.000558. The average Bonchev–Trinajstić information content (AvgIpc) is 3.31. The number of ketones is 1. The van der Waals surface area contributed by atoms with E-state index in [0.717, 1.165) is 11.4 Å². The molecule has 8 nitrogen and oxygen atoms in total. The second kappa shape index (κ2) is 9.01. The van der Waals surface area contributed by atoms with E-state index >= 15 is 0 Å². The van der Waals surface area contributed by atoms with Crippen LogP contribution < -0.4 is 0 Å². The summed E-state index contributed by atoms with van der Waals surface area (Å²) < 4.78 is 36.1. The lowest BCUT2D eigenvalue weighted by atomic mass is 10.1. The first-order valence-corrected chi connectivity index (χ1v) is 12.4. The Morgan fingerprint density at radius 2 is 2.17 bits per heavy atom. The standard InChI is InChI=1S/C19H27N3O5S2/c1-12-7-16(14(3)22(12)13(2)9-26-4)17(23)10-28-19-21-20-18(27-19)8-15-5-6-29(24,25)11-15/h7,13,15H,5-6,8-11H2,1-4H3/t13-,15-/m1/s1. The highest BCUT2D eigenvalue weighted by atomic mass is 32.2. The molecule has 3 heterocycles. The number of aromatic nitrogens is 3. The van der Waals surface area contributed by atoms with E-state index in [-0.39, 0.29) is 35.0 Å². The second-order valence-electron chi connectivity index (χ2n) is 7.61. The first-order valence-electron chi connectivity index (χ1n) is 9.56. The Bertz CT molecular complexity index is 980. The van der Waals surface area contributed by atoms with Crippen molar-refractivity contribution in [2.24, 2.45) is 5.92 Å². The molecule has 1 fully saturated rings. The molecule has 2 aromatic rings. The number of carbonyl (C=O) groups is 1. The summed E-state index contributed by atoms with van der Waals surface area (Å²) in [5.41, 5.74) is 2.63. The van der Waals surface area contributed by atoms with E-state index in [1.807, 2.05) is 19.9 Å². The minimum atomic E-state index is -2.93. The predicted octanol–water partition coefficient (Wildman–Crippen LogP) is 2.65. The van der Waals surface area contributed by atoms with Crippen LogP contribution in [0.25, 0.3) is 0 Å². The van der Waals surface area contributed by atoms with Crippen molar-refractivity contribution in [3.05, 3.63) is 28.9 Å². The van der Waals surface area contributed by atoms with Gasteiger partial charge in [-0.15, -0.1) is 10.2 Å². The van der Waals surface area contributed by atoms with Crippen LogP contribution in [0.1, 0.15) is 47.0 Å². The molecule has 1 aliphatic heterocycles. The smallest absolute Gasteiger partial charge is 0.277 e.